The van der Waals surface area contributed by atoms with E-state index in [1.54, 1.807) is 0 Å². The summed E-state index contributed by atoms with van der Waals surface area (Å²) < 4.78 is 5.19. The molecule has 0 aliphatic carbocycles. The van der Waals surface area contributed by atoms with E-state index in [9.17, 15) is 50.4 Å². The summed E-state index contributed by atoms with van der Waals surface area (Å²) in [5, 5.41) is 86.5. The molecule has 1 rings (SSSR count). The predicted octanol–water partition coefficient (Wildman–Crippen LogP) is 7.26. The van der Waals surface area contributed by atoms with Gasteiger partial charge in [-0.15, -0.1) is 0 Å². The molecule has 4 unspecified atom stereocenters. The normalized spacial score (nSPS) is 23.5. The Morgan fingerprint density at radius 3 is 1.21 bits per heavy atom. The molecule has 56 heavy (non-hydrogen) atoms. The van der Waals surface area contributed by atoms with Gasteiger partial charge in [0.05, 0.1) is 6.61 Å². The van der Waals surface area contributed by atoms with Gasteiger partial charge >= 0.3 is 0 Å². The van der Waals surface area contributed by atoms with Crippen molar-refractivity contribution in [2.75, 3.05) is 6.61 Å². The second-order valence-electron chi connectivity index (χ2n) is 16.9. The van der Waals surface area contributed by atoms with Crippen LogP contribution in [0.3, 0.4) is 0 Å². The number of rotatable bonds is 38. The molecule has 11 heteroatoms. The monoisotopic (exact) mass is 803 g/mol. The number of carbonyl (C=O) groups is 2. The maximum absolute atomic E-state index is 13.7. The first kappa shape index (κ1) is 53.0. The van der Waals surface area contributed by atoms with Crippen molar-refractivity contribution in [1.82, 2.24) is 0 Å². The van der Waals surface area contributed by atoms with Crippen LogP contribution in [-0.2, 0) is 14.3 Å². The van der Waals surface area contributed by atoms with Crippen LogP contribution < -0.4 is 0 Å². The summed E-state index contributed by atoms with van der Waals surface area (Å²) in [4.78, 5) is 26.9. The molecule has 8 atom stereocenters. The molecule has 0 aromatic heterocycles. The van der Waals surface area contributed by atoms with Crippen LogP contribution in [0.15, 0.2) is 0 Å². The Labute approximate surface area is 340 Å². The Hall–Kier alpha value is -1.02. The smallest absolute Gasteiger partial charge is 0.225 e. The lowest BCUT2D eigenvalue weighted by atomic mass is 9.74. The van der Waals surface area contributed by atoms with E-state index in [0.717, 1.165) is 44.9 Å². The second kappa shape index (κ2) is 31.8. The molecule has 1 saturated heterocycles. The molecule has 0 aromatic rings. The van der Waals surface area contributed by atoms with Gasteiger partial charge in [0.15, 0.2) is 23.3 Å². The Bertz CT molecular complexity index is 980. The van der Waals surface area contributed by atoms with E-state index in [-0.39, 0.29) is 19.3 Å². The van der Waals surface area contributed by atoms with E-state index in [4.69, 9.17) is 4.74 Å². The van der Waals surface area contributed by atoms with Crippen molar-refractivity contribution in [2.45, 2.75) is 267 Å². The van der Waals surface area contributed by atoms with Crippen LogP contribution >= 0.6 is 0 Å². The van der Waals surface area contributed by atoms with Gasteiger partial charge in [-0.1, -0.05) is 194 Å². The van der Waals surface area contributed by atoms with Crippen molar-refractivity contribution in [3.63, 3.8) is 0 Å². The molecule has 0 saturated carbocycles. The molecule has 0 bridgehead atoms. The molecule has 1 aliphatic heterocycles. The third-order valence-electron chi connectivity index (χ3n) is 12.0. The van der Waals surface area contributed by atoms with Gasteiger partial charge in [-0.25, -0.2) is 0 Å². The van der Waals surface area contributed by atoms with Crippen LogP contribution in [0.5, 0.6) is 0 Å². The van der Waals surface area contributed by atoms with Crippen LogP contribution in [0.2, 0.25) is 0 Å². The first-order chi connectivity index (χ1) is 26.9. The quantitative estimate of drug-likeness (QED) is 0.0292. The van der Waals surface area contributed by atoms with Crippen molar-refractivity contribution in [3.05, 3.63) is 0 Å². The number of ether oxygens (including phenoxy) is 1. The second-order valence-corrected chi connectivity index (χ2v) is 16.9. The average molecular weight is 803 g/mol. The Morgan fingerprint density at radius 2 is 0.875 bits per heavy atom. The largest absolute Gasteiger partial charge is 0.394 e. The maximum Gasteiger partial charge on any atom is 0.225 e. The number of hydrogen-bond donors (Lipinski definition) is 8. The average Bonchev–Trinajstić information content (AvgIpc) is 3.20. The zero-order chi connectivity index (χ0) is 41.7. The maximum atomic E-state index is 13.7. The summed E-state index contributed by atoms with van der Waals surface area (Å²) in [6.07, 6.45) is 19.4. The number of aliphatic hydroxyl groups excluding tert-OH is 6. The molecule has 8 N–H and O–H groups in total. The van der Waals surface area contributed by atoms with Gasteiger partial charge in [-0.2, -0.15) is 0 Å². The molecule has 0 spiro atoms. The van der Waals surface area contributed by atoms with E-state index in [1.807, 2.05) is 0 Å². The highest BCUT2D eigenvalue weighted by molar-refractivity contribution is 5.96. The van der Waals surface area contributed by atoms with Crippen molar-refractivity contribution in [2.24, 2.45) is 0 Å². The van der Waals surface area contributed by atoms with Crippen molar-refractivity contribution >= 4 is 11.6 Å². The minimum Gasteiger partial charge on any atom is -0.394 e. The lowest BCUT2D eigenvalue weighted by Crippen LogP contribution is -2.76. The number of carbonyl (C=O) groups excluding carboxylic acids is 2. The fraction of sp³-hybridized carbons (Fsp3) is 0.956. The Kier molecular flexibility index (Phi) is 30.1. The highest BCUT2D eigenvalue weighted by atomic mass is 16.7. The lowest BCUT2D eigenvalue weighted by Gasteiger charge is -2.50. The van der Waals surface area contributed by atoms with E-state index in [0.29, 0.717) is 19.3 Å². The van der Waals surface area contributed by atoms with Crippen molar-refractivity contribution < 1.29 is 55.2 Å². The summed E-state index contributed by atoms with van der Waals surface area (Å²) in [6, 6.07) is 0. The van der Waals surface area contributed by atoms with Gasteiger partial charge in [0.2, 0.25) is 5.79 Å². The fourth-order valence-corrected chi connectivity index (χ4v) is 8.08. The van der Waals surface area contributed by atoms with Gasteiger partial charge in [-0.05, 0) is 12.8 Å². The first-order valence-electron chi connectivity index (χ1n) is 23.1. The van der Waals surface area contributed by atoms with Crippen LogP contribution in [-0.4, -0.2) is 107 Å². The van der Waals surface area contributed by atoms with E-state index < -0.39 is 66.2 Å². The molecule has 0 aromatic carbocycles. The number of Topliss-reactive ketones (excluding diaryl/α,β-unsaturated/α-hetero) is 2. The topological polar surface area (TPSA) is 205 Å². The highest BCUT2D eigenvalue weighted by Crippen LogP contribution is 2.38. The van der Waals surface area contributed by atoms with Crippen LogP contribution in [0.25, 0.3) is 0 Å². The van der Waals surface area contributed by atoms with Gasteiger partial charge in [0, 0.05) is 12.8 Å². The molecule has 332 valence electrons. The van der Waals surface area contributed by atoms with Crippen molar-refractivity contribution in [1.29, 1.82) is 0 Å². The Morgan fingerprint density at radius 1 is 0.554 bits per heavy atom. The molecule has 11 nitrogen and oxygen atoms in total. The van der Waals surface area contributed by atoms with Crippen molar-refractivity contribution in [3.8, 4) is 0 Å². The van der Waals surface area contributed by atoms with Gasteiger partial charge in [-0.3, -0.25) is 9.59 Å². The molecule has 1 heterocycles. The number of hydrogen-bond acceptors (Lipinski definition) is 11. The molecule has 0 radical (unpaired) electrons. The third kappa shape index (κ3) is 19.4. The summed E-state index contributed by atoms with van der Waals surface area (Å²) in [5.41, 5.74) is -3.31. The van der Waals surface area contributed by atoms with Crippen LogP contribution in [0.4, 0.5) is 0 Å². The Balaban J connectivity index is 2.63. The number of unbranched alkanes of at least 4 members (excludes halogenated alkanes) is 28. The minimum atomic E-state index is -3.32. The van der Waals surface area contributed by atoms with Gasteiger partial charge in [0.1, 0.15) is 30.5 Å². The summed E-state index contributed by atoms with van der Waals surface area (Å²) >= 11 is 0. The highest BCUT2D eigenvalue weighted by Gasteiger charge is 2.65. The third-order valence-corrected chi connectivity index (χ3v) is 12.0. The first-order valence-corrected chi connectivity index (χ1v) is 23.1. The molecular weight excluding hydrogens is 716 g/mol. The molecule has 1 aliphatic rings. The zero-order valence-corrected chi connectivity index (χ0v) is 35.6. The van der Waals surface area contributed by atoms with Crippen LogP contribution in [0.1, 0.15) is 219 Å². The van der Waals surface area contributed by atoms with E-state index >= 15 is 0 Å². The number of aliphatic hydroxyl groups is 8. The zero-order valence-electron chi connectivity index (χ0n) is 35.6. The van der Waals surface area contributed by atoms with E-state index in [2.05, 4.69) is 13.8 Å². The number of ketones is 2. The van der Waals surface area contributed by atoms with Gasteiger partial charge < -0.3 is 45.6 Å². The standard InChI is InChI=1S/C45H86O11/c1-3-5-7-9-11-13-15-17-19-21-23-25-27-29-31-33-36(47)41(51)44(54,43(53)45(55)42(52)40(50)39(49)37(35-46)56-45)38(48)34-32-30-28-26-24-22-20-18-16-14-12-10-8-6-4-2/h37,39-43,46,49-55H,3-35H2,1-2H3/t37-,39-,40+,41?,42-,43?,44?,45?/m1/s1. The summed E-state index contributed by atoms with van der Waals surface area (Å²) in [6.45, 7) is 3.51. The summed E-state index contributed by atoms with van der Waals surface area (Å²) in [5.74, 6) is -5.36. The molecule has 1 fully saturated rings. The summed E-state index contributed by atoms with van der Waals surface area (Å²) in [7, 11) is 0. The van der Waals surface area contributed by atoms with Gasteiger partial charge in [0.25, 0.3) is 0 Å². The molecule has 0 amide bonds. The lowest BCUT2D eigenvalue weighted by molar-refractivity contribution is -0.391. The predicted molar refractivity (Wildman–Crippen MR) is 221 cm³/mol. The van der Waals surface area contributed by atoms with E-state index in [1.165, 1.54) is 122 Å². The fourth-order valence-electron chi connectivity index (χ4n) is 8.08. The SMILES string of the molecule is CCCCCCCCCCCCCCCCCC(=O)C(O)C(O)(C(=O)CCCCCCCCCCCCCCCCC)C(O)C1(O)O[C@H](CO)[C@@H](O)[C@H](O)[C@H]1O. The molecular formula is C45H86O11. The minimum absolute atomic E-state index is 0.191. The van der Waals surface area contributed by atoms with Crippen LogP contribution in [0, 0.1) is 0 Å².